The van der Waals surface area contributed by atoms with Crippen molar-refractivity contribution in [3.8, 4) is 5.69 Å². The summed E-state index contributed by atoms with van der Waals surface area (Å²) in [5.74, 6) is 1.08. The number of anilines is 1. The summed E-state index contributed by atoms with van der Waals surface area (Å²) in [4.78, 5) is 31.7. The third-order valence-corrected chi connectivity index (χ3v) is 6.14. The minimum atomic E-state index is -0.373. The summed E-state index contributed by atoms with van der Waals surface area (Å²) in [5, 5.41) is 4.78. The predicted molar refractivity (Wildman–Crippen MR) is 132 cm³/mol. The number of hydrogen-bond donors (Lipinski definition) is 2. The molecule has 0 aliphatic carbocycles. The number of imidazole rings is 1. The highest BCUT2D eigenvalue weighted by Gasteiger charge is 2.25. The van der Waals surface area contributed by atoms with Crippen molar-refractivity contribution in [1.82, 2.24) is 34.1 Å². The number of nitrogens with one attached hydrogen (secondary N) is 1. The normalized spacial score (nSPS) is 12.4. The van der Waals surface area contributed by atoms with Gasteiger partial charge in [0, 0.05) is 31.0 Å². The molecule has 0 amide bonds. The lowest BCUT2D eigenvalue weighted by atomic mass is 10.1. The third-order valence-electron chi connectivity index (χ3n) is 5.70. The molecule has 1 N–H and O–H groups in total. The summed E-state index contributed by atoms with van der Waals surface area (Å²) in [6, 6.07) is 9.33. The molecular weight excluding hydrogens is 455 g/mol. The van der Waals surface area contributed by atoms with E-state index in [9.17, 15) is 9.18 Å². The van der Waals surface area contributed by atoms with Crippen LogP contribution in [0.4, 0.5) is 10.2 Å². The minimum absolute atomic E-state index is 0.228. The van der Waals surface area contributed by atoms with Gasteiger partial charge in [-0.3, -0.25) is 9.36 Å². The summed E-state index contributed by atoms with van der Waals surface area (Å²) < 4.78 is 16.8. The quantitative estimate of drug-likeness (QED) is 0.333. The highest BCUT2D eigenvalue weighted by Crippen LogP contribution is 2.25. The van der Waals surface area contributed by atoms with Gasteiger partial charge in [0.2, 0.25) is 0 Å². The molecule has 1 atom stereocenters. The Morgan fingerprint density at radius 3 is 2.76 bits per heavy atom. The lowest BCUT2D eigenvalue weighted by Gasteiger charge is -2.28. The number of hydrogen-bond acceptors (Lipinski definition) is 7. The number of fused-ring (bicyclic) bond motifs is 2. The number of benzene rings is 1. The Balaban J connectivity index is 1.63. The molecular formula is C23H23FN8OS. The van der Waals surface area contributed by atoms with Crippen molar-refractivity contribution in [2.75, 3.05) is 23.7 Å². The molecule has 0 saturated carbocycles. The summed E-state index contributed by atoms with van der Waals surface area (Å²) >= 11 is 4.63. The van der Waals surface area contributed by atoms with Gasteiger partial charge in [-0.05, 0) is 42.8 Å². The van der Waals surface area contributed by atoms with Crippen LogP contribution in [0.1, 0.15) is 25.1 Å². The van der Waals surface area contributed by atoms with Crippen LogP contribution in [-0.2, 0) is 0 Å². The fraction of sp³-hybridized carbons (Fsp3) is 0.261. The van der Waals surface area contributed by atoms with Crippen LogP contribution in [0.2, 0.25) is 0 Å². The van der Waals surface area contributed by atoms with Gasteiger partial charge in [0.05, 0.1) is 12.0 Å². The molecule has 0 aliphatic rings. The van der Waals surface area contributed by atoms with Crippen molar-refractivity contribution in [1.29, 1.82) is 0 Å². The standard InChI is InChI=1S/C23H23FN8OS/c1-2-9-30(22-19-20(26-13-25-19)27-14-28-22)11-15(12-34)21-29-31-10-3-4-18(31)23(33)32(21)17-7-5-16(24)6-8-17/h3-8,10,13-15,34H,2,9,11-12H2,1H3,(H,25,26,27,28). The number of H-pyrrole nitrogens is 1. The summed E-state index contributed by atoms with van der Waals surface area (Å²) in [6.45, 7) is 3.32. The van der Waals surface area contributed by atoms with E-state index in [0.717, 1.165) is 24.3 Å². The second-order valence-electron chi connectivity index (χ2n) is 7.94. The largest absolute Gasteiger partial charge is 0.354 e. The first kappa shape index (κ1) is 22.1. The molecule has 0 bridgehead atoms. The van der Waals surface area contributed by atoms with Gasteiger partial charge in [0.25, 0.3) is 5.56 Å². The lowest BCUT2D eigenvalue weighted by Crippen LogP contribution is -2.35. The lowest BCUT2D eigenvalue weighted by molar-refractivity contribution is 0.603. The zero-order valence-corrected chi connectivity index (χ0v) is 19.4. The number of rotatable bonds is 8. The monoisotopic (exact) mass is 478 g/mol. The zero-order chi connectivity index (χ0) is 23.7. The second-order valence-corrected chi connectivity index (χ2v) is 8.30. The first-order valence-electron chi connectivity index (χ1n) is 11.0. The van der Waals surface area contributed by atoms with Crippen LogP contribution in [0, 0.1) is 5.82 Å². The van der Waals surface area contributed by atoms with E-state index in [-0.39, 0.29) is 17.3 Å². The maximum Gasteiger partial charge on any atom is 0.282 e. The van der Waals surface area contributed by atoms with E-state index < -0.39 is 0 Å². The Morgan fingerprint density at radius 2 is 2.00 bits per heavy atom. The van der Waals surface area contributed by atoms with Gasteiger partial charge in [-0.15, -0.1) is 0 Å². The topological polar surface area (TPSA) is 97.0 Å². The molecule has 4 aromatic heterocycles. The van der Waals surface area contributed by atoms with Crippen LogP contribution in [0.25, 0.3) is 22.4 Å². The number of aromatic nitrogens is 7. The summed E-state index contributed by atoms with van der Waals surface area (Å²) in [6.07, 6.45) is 5.72. The van der Waals surface area contributed by atoms with E-state index in [1.54, 1.807) is 45.9 Å². The van der Waals surface area contributed by atoms with E-state index >= 15 is 0 Å². The molecule has 5 aromatic rings. The van der Waals surface area contributed by atoms with E-state index in [1.165, 1.54) is 18.5 Å². The number of nitrogens with zero attached hydrogens (tertiary/aromatic N) is 7. The third kappa shape index (κ3) is 3.92. The van der Waals surface area contributed by atoms with E-state index in [0.29, 0.717) is 35.0 Å². The van der Waals surface area contributed by atoms with Crippen molar-refractivity contribution in [2.45, 2.75) is 19.3 Å². The van der Waals surface area contributed by atoms with Crippen LogP contribution >= 0.6 is 12.6 Å². The Morgan fingerprint density at radius 1 is 1.18 bits per heavy atom. The molecule has 0 aliphatic heterocycles. The molecule has 174 valence electrons. The first-order chi connectivity index (χ1) is 16.6. The Bertz CT molecular complexity index is 1490. The van der Waals surface area contributed by atoms with Crippen LogP contribution in [0.3, 0.4) is 0 Å². The van der Waals surface area contributed by atoms with Gasteiger partial charge < -0.3 is 9.88 Å². The average Bonchev–Trinajstić information content (AvgIpc) is 3.52. The fourth-order valence-corrected chi connectivity index (χ4v) is 4.42. The molecule has 4 heterocycles. The molecule has 34 heavy (non-hydrogen) atoms. The average molecular weight is 479 g/mol. The Hall–Kier alpha value is -3.73. The number of thiol groups is 1. The number of aromatic amines is 1. The SMILES string of the molecule is CCCN(CC(CS)c1nn2cccc2c(=O)n1-c1ccc(F)cc1)c1ncnc2nc[nH]c12. The molecule has 9 nitrogen and oxygen atoms in total. The molecule has 11 heteroatoms. The maximum atomic E-state index is 13.6. The summed E-state index contributed by atoms with van der Waals surface area (Å²) in [5.41, 5.74) is 2.09. The minimum Gasteiger partial charge on any atom is -0.354 e. The van der Waals surface area contributed by atoms with Crippen molar-refractivity contribution in [3.63, 3.8) is 0 Å². The molecule has 0 saturated heterocycles. The zero-order valence-electron chi connectivity index (χ0n) is 18.5. The van der Waals surface area contributed by atoms with Gasteiger partial charge in [-0.2, -0.15) is 17.7 Å². The Kier molecular flexibility index (Phi) is 6.01. The highest BCUT2D eigenvalue weighted by molar-refractivity contribution is 7.80. The molecule has 1 aromatic carbocycles. The highest BCUT2D eigenvalue weighted by atomic mass is 32.1. The van der Waals surface area contributed by atoms with E-state index in [1.807, 2.05) is 0 Å². The maximum absolute atomic E-state index is 13.6. The van der Waals surface area contributed by atoms with E-state index in [4.69, 9.17) is 5.10 Å². The molecule has 0 spiro atoms. The fourth-order valence-electron chi connectivity index (χ4n) is 4.14. The van der Waals surface area contributed by atoms with Gasteiger partial charge in [0.15, 0.2) is 11.5 Å². The van der Waals surface area contributed by atoms with Crippen molar-refractivity contribution in [2.24, 2.45) is 0 Å². The molecule has 1 unspecified atom stereocenters. The Labute approximate surface area is 199 Å². The van der Waals surface area contributed by atoms with Crippen LogP contribution in [0.5, 0.6) is 0 Å². The van der Waals surface area contributed by atoms with Crippen LogP contribution in [-0.4, -0.2) is 53.0 Å². The van der Waals surface area contributed by atoms with Crippen molar-refractivity contribution >= 4 is 35.1 Å². The number of halogens is 1. The predicted octanol–water partition coefficient (Wildman–Crippen LogP) is 3.22. The second kappa shape index (κ2) is 9.26. The molecule has 0 fully saturated rings. The van der Waals surface area contributed by atoms with Crippen LogP contribution in [0.15, 0.2) is 60.0 Å². The van der Waals surface area contributed by atoms with Crippen molar-refractivity contribution < 1.29 is 4.39 Å². The van der Waals surface area contributed by atoms with Gasteiger partial charge >= 0.3 is 0 Å². The molecule has 0 radical (unpaired) electrons. The van der Waals surface area contributed by atoms with Crippen LogP contribution < -0.4 is 10.5 Å². The molecule has 5 rings (SSSR count). The van der Waals surface area contributed by atoms with Gasteiger partial charge in [-0.25, -0.2) is 23.9 Å². The van der Waals surface area contributed by atoms with Crippen molar-refractivity contribution in [3.05, 3.63) is 77.2 Å². The van der Waals surface area contributed by atoms with Gasteiger partial charge in [0.1, 0.15) is 29.0 Å². The first-order valence-corrected chi connectivity index (χ1v) is 11.6. The van der Waals surface area contributed by atoms with Gasteiger partial charge in [-0.1, -0.05) is 6.92 Å². The summed E-state index contributed by atoms with van der Waals surface area (Å²) in [7, 11) is 0. The smallest absolute Gasteiger partial charge is 0.282 e. The van der Waals surface area contributed by atoms with E-state index in [2.05, 4.69) is 44.4 Å².